The topological polar surface area (TPSA) is 40.7 Å². The van der Waals surface area contributed by atoms with E-state index in [0.29, 0.717) is 6.04 Å². The number of aromatic nitrogens is 2. The fraction of sp³-hybridized carbons (Fsp3) is 0.312. The molecule has 0 spiro atoms. The molecule has 0 aliphatic rings. The van der Waals surface area contributed by atoms with Crippen molar-refractivity contribution in [1.29, 1.82) is 0 Å². The van der Waals surface area contributed by atoms with Crippen molar-refractivity contribution >= 4 is 22.2 Å². The van der Waals surface area contributed by atoms with Gasteiger partial charge in [-0.2, -0.15) is 0 Å². The number of benzene rings is 1. The van der Waals surface area contributed by atoms with Crippen molar-refractivity contribution in [3.63, 3.8) is 0 Å². The molecule has 0 saturated heterocycles. The van der Waals surface area contributed by atoms with E-state index >= 15 is 0 Å². The van der Waals surface area contributed by atoms with Gasteiger partial charge in [0.2, 0.25) is 0 Å². The second-order valence-corrected chi connectivity index (χ2v) is 5.97. The summed E-state index contributed by atoms with van der Waals surface area (Å²) < 4.78 is 0. The van der Waals surface area contributed by atoms with Crippen LogP contribution in [0, 0.1) is 6.92 Å². The summed E-state index contributed by atoms with van der Waals surface area (Å²) in [5, 5.41) is 4.91. The Labute approximate surface area is 123 Å². The molecule has 3 rings (SSSR count). The highest BCUT2D eigenvalue weighted by Gasteiger charge is 2.10. The van der Waals surface area contributed by atoms with Crippen LogP contribution in [0.15, 0.2) is 36.0 Å². The molecule has 3 nitrogen and oxygen atoms in total. The molecule has 104 valence electrons. The number of fused-ring (bicyclic) bond motifs is 1. The average Bonchev–Trinajstić information content (AvgIpc) is 3.05. The van der Waals surface area contributed by atoms with E-state index in [2.05, 4.69) is 59.6 Å². The minimum absolute atomic E-state index is 0.368. The molecule has 4 heteroatoms. The van der Waals surface area contributed by atoms with E-state index in [1.165, 1.54) is 21.3 Å². The standard InChI is InChI=1S/C16H19N3S/c1-11(16-12(2)19-10-20-16)17-8-7-13-9-18-15-6-4-3-5-14(13)15/h3-6,9-11,17-18H,7-8H2,1-2H3. The molecule has 0 saturated carbocycles. The SMILES string of the molecule is Cc1ncsc1C(C)NCCc1c[nH]c2ccccc12. The predicted octanol–water partition coefficient (Wildman–Crippen LogP) is 3.83. The van der Waals surface area contributed by atoms with Gasteiger partial charge in [0.05, 0.1) is 11.2 Å². The lowest BCUT2D eigenvalue weighted by Crippen LogP contribution is -2.21. The normalized spacial score (nSPS) is 12.9. The maximum atomic E-state index is 4.31. The molecule has 0 aliphatic heterocycles. The first-order valence-electron chi connectivity index (χ1n) is 6.94. The number of thiazole rings is 1. The second-order valence-electron chi connectivity index (χ2n) is 5.09. The number of hydrogen-bond acceptors (Lipinski definition) is 3. The third kappa shape index (κ3) is 2.62. The van der Waals surface area contributed by atoms with Crippen LogP contribution < -0.4 is 5.32 Å². The Hall–Kier alpha value is -1.65. The Morgan fingerprint density at radius 2 is 2.20 bits per heavy atom. The van der Waals surface area contributed by atoms with E-state index in [0.717, 1.165) is 18.7 Å². The highest BCUT2D eigenvalue weighted by molar-refractivity contribution is 7.09. The van der Waals surface area contributed by atoms with Gasteiger partial charge in [-0.25, -0.2) is 4.98 Å². The van der Waals surface area contributed by atoms with E-state index < -0.39 is 0 Å². The first-order valence-corrected chi connectivity index (χ1v) is 7.82. The molecule has 0 aliphatic carbocycles. The van der Waals surface area contributed by atoms with Gasteiger partial charge in [0.1, 0.15) is 0 Å². The lowest BCUT2D eigenvalue weighted by atomic mass is 10.1. The lowest BCUT2D eigenvalue weighted by molar-refractivity contribution is 0.582. The van der Waals surface area contributed by atoms with Crippen LogP contribution >= 0.6 is 11.3 Å². The van der Waals surface area contributed by atoms with Gasteiger partial charge < -0.3 is 10.3 Å². The van der Waals surface area contributed by atoms with Gasteiger partial charge in [-0.1, -0.05) is 18.2 Å². The van der Waals surface area contributed by atoms with Crippen LogP contribution in [0.2, 0.25) is 0 Å². The van der Waals surface area contributed by atoms with Crippen molar-refractivity contribution in [2.24, 2.45) is 0 Å². The van der Waals surface area contributed by atoms with Crippen LogP contribution in [-0.2, 0) is 6.42 Å². The summed E-state index contributed by atoms with van der Waals surface area (Å²) in [7, 11) is 0. The van der Waals surface area contributed by atoms with Gasteiger partial charge in [-0.3, -0.25) is 0 Å². The smallest absolute Gasteiger partial charge is 0.0798 e. The molecule has 2 aromatic heterocycles. The number of aryl methyl sites for hydroxylation is 1. The zero-order chi connectivity index (χ0) is 13.9. The van der Waals surface area contributed by atoms with Crippen LogP contribution in [0.5, 0.6) is 0 Å². The predicted molar refractivity (Wildman–Crippen MR) is 85.3 cm³/mol. The highest BCUT2D eigenvalue weighted by Crippen LogP contribution is 2.21. The summed E-state index contributed by atoms with van der Waals surface area (Å²) in [6.07, 6.45) is 3.15. The molecular formula is C16H19N3S. The van der Waals surface area contributed by atoms with Crippen molar-refractivity contribution in [2.75, 3.05) is 6.54 Å². The number of aromatic amines is 1. The minimum Gasteiger partial charge on any atom is -0.361 e. The Morgan fingerprint density at radius 3 is 3.00 bits per heavy atom. The van der Waals surface area contributed by atoms with Crippen LogP contribution in [0.3, 0.4) is 0 Å². The van der Waals surface area contributed by atoms with Gasteiger partial charge in [0.15, 0.2) is 0 Å². The highest BCUT2D eigenvalue weighted by atomic mass is 32.1. The fourth-order valence-corrected chi connectivity index (χ4v) is 3.42. The number of para-hydroxylation sites is 1. The Bertz CT molecular complexity index is 698. The maximum Gasteiger partial charge on any atom is 0.0798 e. The molecule has 3 aromatic rings. The Kier molecular flexibility index (Phi) is 3.85. The number of nitrogens with zero attached hydrogens (tertiary/aromatic N) is 1. The molecule has 0 fully saturated rings. The van der Waals surface area contributed by atoms with E-state index in [4.69, 9.17) is 0 Å². The van der Waals surface area contributed by atoms with Crippen LogP contribution in [0.1, 0.15) is 29.1 Å². The first-order chi connectivity index (χ1) is 9.75. The summed E-state index contributed by atoms with van der Waals surface area (Å²) >= 11 is 1.73. The van der Waals surface area contributed by atoms with E-state index in [1.54, 1.807) is 11.3 Å². The first kappa shape index (κ1) is 13.3. The number of H-pyrrole nitrogens is 1. The lowest BCUT2D eigenvalue weighted by Gasteiger charge is -2.12. The maximum absolute atomic E-state index is 4.31. The molecule has 2 heterocycles. The monoisotopic (exact) mass is 285 g/mol. The fourth-order valence-electron chi connectivity index (χ4n) is 2.58. The zero-order valence-corrected chi connectivity index (χ0v) is 12.6. The number of rotatable bonds is 5. The third-order valence-electron chi connectivity index (χ3n) is 3.70. The van der Waals surface area contributed by atoms with Crippen molar-refractivity contribution in [2.45, 2.75) is 26.3 Å². The molecule has 1 unspecified atom stereocenters. The van der Waals surface area contributed by atoms with Crippen molar-refractivity contribution in [3.8, 4) is 0 Å². The minimum atomic E-state index is 0.368. The van der Waals surface area contributed by atoms with Gasteiger partial charge >= 0.3 is 0 Å². The van der Waals surface area contributed by atoms with E-state index in [1.807, 2.05) is 5.51 Å². The summed E-state index contributed by atoms with van der Waals surface area (Å²) in [4.78, 5) is 8.97. The summed E-state index contributed by atoms with van der Waals surface area (Å²) in [6, 6.07) is 8.83. The van der Waals surface area contributed by atoms with Gasteiger partial charge in [0, 0.05) is 28.0 Å². The van der Waals surface area contributed by atoms with E-state index in [-0.39, 0.29) is 0 Å². The van der Waals surface area contributed by atoms with Crippen LogP contribution in [-0.4, -0.2) is 16.5 Å². The third-order valence-corrected chi connectivity index (χ3v) is 4.81. The molecule has 0 amide bonds. The number of nitrogens with one attached hydrogen (secondary N) is 2. The molecule has 0 bridgehead atoms. The molecular weight excluding hydrogens is 266 g/mol. The summed E-state index contributed by atoms with van der Waals surface area (Å²) in [6.45, 7) is 5.25. The van der Waals surface area contributed by atoms with Gasteiger partial charge in [-0.15, -0.1) is 11.3 Å². The summed E-state index contributed by atoms with van der Waals surface area (Å²) in [5.41, 5.74) is 5.65. The number of hydrogen-bond donors (Lipinski definition) is 2. The van der Waals surface area contributed by atoms with E-state index in [9.17, 15) is 0 Å². The Morgan fingerprint density at radius 1 is 1.35 bits per heavy atom. The molecule has 1 atom stereocenters. The molecule has 2 N–H and O–H groups in total. The van der Waals surface area contributed by atoms with Gasteiger partial charge in [0.25, 0.3) is 0 Å². The van der Waals surface area contributed by atoms with Crippen molar-refractivity contribution in [1.82, 2.24) is 15.3 Å². The van der Waals surface area contributed by atoms with Crippen LogP contribution in [0.4, 0.5) is 0 Å². The average molecular weight is 285 g/mol. The quantitative estimate of drug-likeness (QED) is 0.748. The molecule has 20 heavy (non-hydrogen) atoms. The van der Waals surface area contributed by atoms with Gasteiger partial charge in [-0.05, 0) is 38.4 Å². The molecule has 0 radical (unpaired) electrons. The summed E-state index contributed by atoms with van der Waals surface area (Å²) in [5.74, 6) is 0. The molecule has 1 aromatic carbocycles. The second kappa shape index (κ2) is 5.77. The largest absolute Gasteiger partial charge is 0.361 e. The Balaban J connectivity index is 1.61. The zero-order valence-electron chi connectivity index (χ0n) is 11.8. The van der Waals surface area contributed by atoms with Crippen LogP contribution in [0.25, 0.3) is 10.9 Å². The van der Waals surface area contributed by atoms with Crippen molar-refractivity contribution < 1.29 is 0 Å². The van der Waals surface area contributed by atoms with Crippen molar-refractivity contribution in [3.05, 3.63) is 52.1 Å².